The number of nitrogens with zero attached hydrogens (tertiary/aromatic N) is 1. The quantitative estimate of drug-likeness (QED) is 0.825. The molecule has 1 aliphatic rings. The summed E-state index contributed by atoms with van der Waals surface area (Å²) in [4.78, 5) is 4.23. The van der Waals surface area contributed by atoms with Gasteiger partial charge >= 0.3 is 0 Å². The van der Waals surface area contributed by atoms with Gasteiger partial charge in [0.25, 0.3) is 0 Å². The zero-order valence-electron chi connectivity index (χ0n) is 8.33. The van der Waals surface area contributed by atoms with Crippen molar-refractivity contribution in [2.75, 3.05) is 5.32 Å². The Morgan fingerprint density at radius 1 is 1.64 bits per heavy atom. The van der Waals surface area contributed by atoms with Crippen molar-refractivity contribution in [3.8, 4) is 0 Å². The summed E-state index contributed by atoms with van der Waals surface area (Å²) in [5, 5.41) is 4.13. The van der Waals surface area contributed by atoms with E-state index in [0.717, 1.165) is 18.2 Å². The van der Waals surface area contributed by atoms with E-state index in [1.165, 1.54) is 12.8 Å². The molecule has 14 heavy (non-hydrogen) atoms. The van der Waals surface area contributed by atoms with E-state index in [1.54, 1.807) is 6.20 Å². The van der Waals surface area contributed by atoms with Crippen molar-refractivity contribution in [2.24, 2.45) is 5.92 Å². The standard InChI is InChI=1S/C11H15ClN2/c1-2-10(8-5-6-8)14-11-9(12)4-3-7-13-11/h3-4,7-8,10H,2,5-6H2,1H3,(H,13,14). The van der Waals surface area contributed by atoms with Gasteiger partial charge in [-0.05, 0) is 37.3 Å². The van der Waals surface area contributed by atoms with Crippen LogP contribution in [0.5, 0.6) is 0 Å². The zero-order chi connectivity index (χ0) is 9.97. The average Bonchev–Trinajstić information content (AvgIpc) is 3.00. The Labute approximate surface area is 89.7 Å². The lowest BCUT2D eigenvalue weighted by molar-refractivity contribution is 0.614. The fourth-order valence-electron chi connectivity index (χ4n) is 1.72. The molecule has 0 amide bonds. The van der Waals surface area contributed by atoms with Gasteiger partial charge in [-0.1, -0.05) is 18.5 Å². The molecule has 1 saturated carbocycles. The van der Waals surface area contributed by atoms with Crippen molar-refractivity contribution >= 4 is 17.4 Å². The van der Waals surface area contributed by atoms with Crippen LogP contribution in [0.3, 0.4) is 0 Å². The summed E-state index contributed by atoms with van der Waals surface area (Å²) in [5.41, 5.74) is 0. The summed E-state index contributed by atoms with van der Waals surface area (Å²) in [5.74, 6) is 1.66. The Balaban J connectivity index is 2.04. The van der Waals surface area contributed by atoms with Crippen molar-refractivity contribution in [2.45, 2.75) is 32.2 Å². The molecule has 1 N–H and O–H groups in total. The largest absolute Gasteiger partial charge is 0.366 e. The molecule has 1 heterocycles. The molecule has 2 rings (SSSR count). The first kappa shape index (κ1) is 9.78. The average molecular weight is 211 g/mol. The SMILES string of the molecule is CCC(Nc1ncccc1Cl)C1CC1. The molecule has 1 unspecified atom stereocenters. The molecule has 1 fully saturated rings. The van der Waals surface area contributed by atoms with E-state index >= 15 is 0 Å². The number of hydrogen-bond acceptors (Lipinski definition) is 2. The molecule has 0 bridgehead atoms. The molecule has 1 aliphatic carbocycles. The summed E-state index contributed by atoms with van der Waals surface area (Å²) >= 11 is 6.03. The minimum atomic E-state index is 0.544. The molecule has 2 nitrogen and oxygen atoms in total. The van der Waals surface area contributed by atoms with E-state index in [1.807, 2.05) is 12.1 Å². The first-order valence-corrected chi connectivity index (χ1v) is 5.56. The van der Waals surface area contributed by atoms with Gasteiger partial charge in [0, 0.05) is 12.2 Å². The van der Waals surface area contributed by atoms with Crippen LogP contribution < -0.4 is 5.32 Å². The van der Waals surface area contributed by atoms with E-state index < -0.39 is 0 Å². The maximum Gasteiger partial charge on any atom is 0.144 e. The van der Waals surface area contributed by atoms with Gasteiger partial charge in [0.2, 0.25) is 0 Å². The molecule has 0 saturated heterocycles. The van der Waals surface area contributed by atoms with Gasteiger partial charge in [-0.25, -0.2) is 4.98 Å². The first-order valence-electron chi connectivity index (χ1n) is 5.18. The Kier molecular flexibility index (Phi) is 2.92. The molecule has 3 heteroatoms. The van der Waals surface area contributed by atoms with Crippen LogP contribution in [0.2, 0.25) is 5.02 Å². The molecule has 1 atom stereocenters. The van der Waals surface area contributed by atoms with Crippen molar-refractivity contribution < 1.29 is 0 Å². The monoisotopic (exact) mass is 210 g/mol. The normalized spacial score (nSPS) is 17.9. The summed E-state index contributed by atoms with van der Waals surface area (Å²) < 4.78 is 0. The lowest BCUT2D eigenvalue weighted by Crippen LogP contribution is -2.21. The lowest BCUT2D eigenvalue weighted by atomic mass is 10.1. The smallest absolute Gasteiger partial charge is 0.144 e. The highest BCUT2D eigenvalue weighted by molar-refractivity contribution is 6.32. The maximum atomic E-state index is 6.03. The van der Waals surface area contributed by atoms with Crippen LogP contribution in [0.25, 0.3) is 0 Å². The van der Waals surface area contributed by atoms with Crippen LogP contribution in [0.1, 0.15) is 26.2 Å². The minimum Gasteiger partial charge on any atom is -0.366 e. The van der Waals surface area contributed by atoms with Crippen LogP contribution in [0, 0.1) is 5.92 Å². The molecular weight excluding hydrogens is 196 g/mol. The molecular formula is C11H15ClN2. The Hall–Kier alpha value is -0.760. The second-order valence-corrected chi connectivity index (χ2v) is 4.24. The van der Waals surface area contributed by atoms with Crippen LogP contribution >= 0.6 is 11.6 Å². The summed E-state index contributed by atoms with van der Waals surface area (Å²) in [6.45, 7) is 2.20. The molecule has 0 aromatic carbocycles. The van der Waals surface area contributed by atoms with Crippen LogP contribution in [0.4, 0.5) is 5.82 Å². The molecule has 76 valence electrons. The molecule has 0 aliphatic heterocycles. The number of anilines is 1. The highest BCUT2D eigenvalue weighted by atomic mass is 35.5. The molecule has 0 radical (unpaired) electrons. The van der Waals surface area contributed by atoms with Gasteiger partial charge in [-0.2, -0.15) is 0 Å². The predicted octanol–water partition coefficient (Wildman–Crippen LogP) is 3.34. The fourth-order valence-corrected chi connectivity index (χ4v) is 1.90. The fraction of sp³-hybridized carbons (Fsp3) is 0.545. The number of halogens is 1. The minimum absolute atomic E-state index is 0.544. The predicted molar refractivity (Wildman–Crippen MR) is 59.7 cm³/mol. The number of aromatic nitrogens is 1. The van der Waals surface area contributed by atoms with Crippen LogP contribution in [-0.4, -0.2) is 11.0 Å². The third-order valence-electron chi connectivity index (χ3n) is 2.71. The summed E-state index contributed by atoms with van der Waals surface area (Å²) in [6, 6.07) is 4.27. The van der Waals surface area contributed by atoms with Crippen molar-refractivity contribution in [3.63, 3.8) is 0 Å². The third kappa shape index (κ3) is 2.18. The van der Waals surface area contributed by atoms with Crippen LogP contribution in [0.15, 0.2) is 18.3 Å². The second-order valence-electron chi connectivity index (χ2n) is 3.83. The van der Waals surface area contributed by atoms with Crippen molar-refractivity contribution in [1.29, 1.82) is 0 Å². The number of nitrogens with one attached hydrogen (secondary N) is 1. The Bertz CT molecular complexity index is 310. The Morgan fingerprint density at radius 2 is 2.43 bits per heavy atom. The number of rotatable bonds is 4. The maximum absolute atomic E-state index is 6.03. The van der Waals surface area contributed by atoms with Gasteiger partial charge in [-0.15, -0.1) is 0 Å². The molecule has 1 aromatic heterocycles. The number of pyridine rings is 1. The second kappa shape index (κ2) is 4.18. The highest BCUT2D eigenvalue weighted by Gasteiger charge is 2.30. The molecule has 1 aromatic rings. The van der Waals surface area contributed by atoms with E-state index in [4.69, 9.17) is 11.6 Å². The first-order chi connectivity index (χ1) is 6.81. The third-order valence-corrected chi connectivity index (χ3v) is 3.02. The van der Waals surface area contributed by atoms with Crippen molar-refractivity contribution in [3.05, 3.63) is 23.4 Å². The summed E-state index contributed by atoms with van der Waals surface area (Å²) in [7, 11) is 0. The van der Waals surface area contributed by atoms with Crippen molar-refractivity contribution in [1.82, 2.24) is 4.98 Å². The highest BCUT2D eigenvalue weighted by Crippen LogP contribution is 2.36. The van der Waals surface area contributed by atoms with Gasteiger partial charge in [0.1, 0.15) is 5.82 Å². The number of hydrogen-bond donors (Lipinski definition) is 1. The topological polar surface area (TPSA) is 24.9 Å². The summed E-state index contributed by atoms with van der Waals surface area (Å²) in [6.07, 6.45) is 5.59. The van der Waals surface area contributed by atoms with E-state index in [-0.39, 0.29) is 0 Å². The lowest BCUT2D eigenvalue weighted by Gasteiger charge is -2.17. The molecule has 0 spiro atoms. The van der Waals surface area contributed by atoms with E-state index in [0.29, 0.717) is 11.1 Å². The van der Waals surface area contributed by atoms with Gasteiger partial charge < -0.3 is 5.32 Å². The van der Waals surface area contributed by atoms with E-state index in [2.05, 4.69) is 17.2 Å². The Morgan fingerprint density at radius 3 is 3.00 bits per heavy atom. The van der Waals surface area contributed by atoms with Gasteiger partial charge in [-0.3, -0.25) is 0 Å². The van der Waals surface area contributed by atoms with Gasteiger partial charge in [0.05, 0.1) is 5.02 Å². The zero-order valence-corrected chi connectivity index (χ0v) is 9.09. The van der Waals surface area contributed by atoms with Gasteiger partial charge in [0.15, 0.2) is 0 Å². The van der Waals surface area contributed by atoms with Crippen LogP contribution in [-0.2, 0) is 0 Å². The van der Waals surface area contributed by atoms with E-state index in [9.17, 15) is 0 Å².